The first-order valence-electron chi connectivity index (χ1n) is 6.30. The molecule has 0 aliphatic carbocycles. The molecule has 0 bridgehead atoms. The fraction of sp³-hybridized carbons (Fsp3) is 0.500. The van der Waals surface area contributed by atoms with Gasteiger partial charge in [0.1, 0.15) is 0 Å². The normalized spacial score (nSPS) is 12.1. The lowest BCUT2D eigenvalue weighted by Gasteiger charge is -2.11. The summed E-state index contributed by atoms with van der Waals surface area (Å²) in [5, 5.41) is 2.92. The van der Waals surface area contributed by atoms with Crippen LogP contribution in [-0.4, -0.2) is 24.5 Å². The summed E-state index contributed by atoms with van der Waals surface area (Å²) in [6.45, 7) is 0.764. The van der Waals surface area contributed by atoms with E-state index in [1.165, 1.54) is 0 Å². The van der Waals surface area contributed by atoms with Crippen LogP contribution in [0, 0.1) is 0 Å². The lowest BCUT2D eigenvalue weighted by molar-refractivity contribution is -0.121. The Labute approximate surface area is 114 Å². The summed E-state index contributed by atoms with van der Waals surface area (Å²) < 4.78 is 0. The highest BCUT2D eigenvalue weighted by Crippen LogP contribution is 2.14. The molecule has 0 saturated heterocycles. The summed E-state index contributed by atoms with van der Waals surface area (Å²) >= 11 is 1.80. The highest BCUT2D eigenvalue weighted by Gasteiger charge is 2.08. The molecule has 1 unspecified atom stereocenters. The Kier molecular flexibility index (Phi) is 7.53. The van der Waals surface area contributed by atoms with E-state index in [0.29, 0.717) is 12.8 Å². The molecule has 3 nitrogen and oxygen atoms in total. The Morgan fingerprint density at radius 2 is 2.11 bits per heavy atom. The number of hydrogen-bond donors (Lipinski definition) is 2. The first-order chi connectivity index (χ1) is 8.74. The molecular weight excluding hydrogens is 244 g/mol. The van der Waals surface area contributed by atoms with E-state index < -0.39 is 0 Å². The van der Waals surface area contributed by atoms with Crippen molar-refractivity contribution in [2.24, 2.45) is 5.73 Å². The standard InChI is InChI=1S/C14H22N2OS/c1-18-11-5-10-16-14(17)9-8-13(15)12-6-3-2-4-7-12/h2-4,6-7,13H,5,8-11,15H2,1H3,(H,16,17). The second kappa shape index (κ2) is 9.00. The van der Waals surface area contributed by atoms with E-state index in [4.69, 9.17) is 5.73 Å². The van der Waals surface area contributed by atoms with Crippen LogP contribution >= 0.6 is 11.8 Å². The second-order valence-corrected chi connectivity index (χ2v) is 5.24. The average molecular weight is 266 g/mol. The number of carbonyl (C=O) groups excluding carboxylic acids is 1. The number of benzene rings is 1. The average Bonchev–Trinajstić information content (AvgIpc) is 2.42. The molecule has 0 aliphatic rings. The molecule has 0 spiro atoms. The maximum atomic E-state index is 11.6. The minimum atomic E-state index is -0.0526. The zero-order valence-electron chi connectivity index (χ0n) is 10.9. The molecule has 1 aromatic carbocycles. The van der Waals surface area contributed by atoms with Crippen molar-refractivity contribution in [2.45, 2.75) is 25.3 Å². The third kappa shape index (κ3) is 6.07. The zero-order valence-corrected chi connectivity index (χ0v) is 11.7. The van der Waals surface area contributed by atoms with Crippen molar-refractivity contribution >= 4 is 17.7 Å². The molecule has 18 heavy (non-hydrogen) atoms. The summed E-state index contributed by atoms with van der Waals surface area (Å²) in [7, 11) is 0. The zero-order chi connectivity index (χ0) is 13.2. The van der Waals surface area contributed by atoms with Gasteiger partial charge in [0.2, 0.25) is 5.91 Å². The number of nitrogens with two attached hydrogens (primary N) is 1. The van der Waals surface area contributed by atoms with E-state index >= 15 is 0 Å². The van der Waals surface area contributed by atoms with E-state index in [1.807, 2.05) is 30.3 Å². The van der Waals surface area contributed by atoms with Crippen LogP contribution in [0.25, 0.3) is 0 Å². The van der Waals surface area contributed by atoms with Gasteiger partial charge in [-0.15, -0.1) is 0 Å². The van der Waals surface area contributed by atoms with E-state index in [0.717, 1.165) is 24.3 Å². The molecule has 0 aliphatic heterocycles. The molecule has 1 atom stereocenters. The molecule has 3 N–H and O–H groups in total. The third-order valence-electron chi connectivity index (χ3n) is 2.76. The number of rotatable bonds is 8. The van der Waals surface area contributed by atoms with Crippen molar-refractivity contribution in [2.75, 3.05) is 18.6 Å². The van der Waals surface area contributed by atoms with Crippen LogP contribution in [0.2, 0.25) is 0 Å². The molecule has 0 heterocycles. The summed E-state index contributed by atoms with van der Waals surface area (Å²) in [6, 6.07) is 9.86. The Bertz CT molecular complexity index is 343. The first-order valence-corrected chi connectivity index (χ1v) is 7.69. The van der Waals surface area contributed by atoms with Gasteiger partial charge in [-0.2, -0.15) is 11.8 Å². The van der Waals surface area contributed by atoms with Gasteiger partial charge in [0, 0.05) is 19.0 Å². The molecule has 1 rings (SSSR count). The molecule has 100 valence electrons. The maximum Gasteiger partial charge on any atom is 0.220 e. The monoisotopic (exact) mass is 266 g/mol. The van der Waals surface area contributed by atoms with Gasteiger partial charge in [-0.1, -0.05) is 30.3 Å². The van der Waals surface area contributed by atoms with Crippen LogP contribution in [0.15, 0.2) is 30.3 Å². The lowest BCUT2D eigenvalue weighted by atomic mass is 10.0. The van der Waals surface area contributed by atoms with Crippen molar-refractivity contribution in [3.63, 3.8) is 0 Å². The Morgan fingerprint density at radius 1 is 1.39 bits per heavy atom. The third-order valence-corrected chi connectivity index (χ3v) is 3.45. The van der Waals surface area contributed by atoms with Crippen LogP contribution in [0.5, 0.6) is 0 Å². The fourth-order valence-electron chi connectivity index (χ4n) is 1.69. The molecule has 4 heteroatoms. The minimum Gasteiger partial charge on any atom is -0.356 e. The smallest absolute Gasteiger partial charge is 0.220 e. The van der Waals surface area contributed by atoms with E-state index in [9.17, 15) is 4.79 Å². The summed E-state index contributed by atoms with van der Waals surface area (Å²) in [4.78, 5) is 11.6. The summed E-state index contributed by atoms with van der Waals surface area (Å²) in [6.07, 6.45) is 4.28. The fourth-order valence-corrected chi connectivity index (χ4v) is 2.12. The van der Waals surface area contributed by atoms with Crippen molar-refractivity contribution in [3.05, 3.63) is 35.9 Å². The topological polar surface area (TPSA) is 55.1 Å². The lowest BCUT2D eigenvalue weighted by Crippen LogP contribution is -2.25. The number of thioether (sulfide) groups is 1. The van der Waals surface area contributed by atoms with Crippen molar-refractivity contribution < 1.29 is 4.79 Å². The Balaban J connectivity index is 2.18. The molecule has 0 fully saturated rings. The van der Waals surface area contributed by atoms with Gasteiger partial charge in [-0.05, 0) is 30.4 Å². The number of nitrogens with one attached hydrogen (secondary N) is 1. The number of hydrogen-bond acceptors (Lipinski definition) is 3. The van der Waals surface area contributed by atoms with Crippen molar-refractivity contribution in [1.82, 2.24) is 5.32 Å². The van der Waals surface area contributed by atoms with Gasteiger partial charge in [-0.25, -0.2) is 0 Å². The predicted octanol–water partition coefficient (Wildman–Crippen LogP) is 2.34. The van der Waals surface area contributed by atoms with Crippen LogP contribution < -0.4 is 11.1 Å². The van der Waals surface area contributed by atoms with Gasteiger partial charge in [0.25, 0.3) is 0 Å². The van der Waals surface area contributed by atoms with Gasteiger partial charge in [0.15, 0.2) is 0 Å². The van der Waals surface area contributed by atoms with Crippen LogP contribution in [0.3, 0.4) is 0 Å². The van der Waals surface area contributed by atoms with E-state index in [2.05, 4.69) is 11.6 Å². The number of amides is 1. The Morgan fingerprint density at radius 3 is 2.78 bits per heavy atom. The van der Waals surface area contributed by atoms with Crippen molar-refractivity contribution in [3.8, 4) is 0 Å². The van der Waals surface area contributed by atoms with Crippen molar-refractivity contribution in [1.29, 1.82) is 0 Å². The van der Waals surface area contributed by atoms with Crippen LogP contribution in [-0.2, 0) is 4.79 Å². The number of carbonyl (C=O) groups is 1. The van der Waals surface area contributed by atoms with Crippen LogP contribution in [0.4, 0.5) is 0 Å². The van der Waals surface area contributed by atoms with E-state index in [-0.39, 0.29) is 11.9 Å². The molecule has 0 radical (unpaired) electrons. The van der Waals surface area contributed by atoms with E-state index in [1.54, 1.807) is 11.8 Å². The quantitative estimate of drug-likeness (QED) is 0.710. The molecule has 1 amide bonds. The first kappa shape index (κ1) is 15.1. The predicted molar refractivity (Wildman–Crippen MR) is 78.6 cm³/mol. The Hall–Kier alpha value is -1.00. The largest absolute Gasteiger partial charge is 0.356 e. The summed E-state index contributed by atoms with van der Waals surface area (Å²) in [5.41, 5.74) is 7.13. The summed E-state index contributed by atoms with van der Waals surface area (Å²) in [5.74, 6) is 1.19. The van der Waals surface area contributed by atoms with Gasteiger partial charge < -0.3 is 11.1 Å². The molecule has 0 saturated carbocycles. The van der Waals surface area contributed by atoms with Crippen LogP contribution in [0.1, 0.15) is 30.9 Å². The van der Waals surface area contributed by atoms with Gasteiger partial charge in [0.05, 0.1) is 0 Å². The van der Waals surface area contributed by atoms with Gasteiger partial charge in [-0.3, -0.25) is 4.79 Å². The molecule has 1 aromatic rings. The SMILES string of the molecule is CSCCCNC(=O)CCC(N)c1ccccc1. The minimum absolute atomic E-state index is 0.0526. The highest BCUT2D eigenvalue weighted by atomic mass is 32.2. The molecule has 0 aromatic heterocycles. The highest BCUT2D eigenvalue weighted by molar-refractivity contribution is 7.98. The second-order valence-electron chi connectivity index (χ2n) is 4.25. The van der Waals surface area contributed by atoms with Gasteiger partial charge >= 0.3 is 0 Å². The molecular formula is C14H22N2OS. The maximum absolute atomic E-state index is 11.6.